The van der Waals surface area contributed by atoms with Crippen LogP contribution in [0.15, 0.2) is 24.3 Å². The fourth-order valence-corrected chi connectivity index (χ4v) is 3.63. The smallest absolute Gasteiger partial charge is 0.407 e. The molecule has 1 atom stereocenters. The molecule has 0 spiro atoms. The zero-order chi connectivity index (χ0) is 14.7. The third-order valence-electron chi connectivity index (χ3n) is 4.86. The Balaban J connectivity index is 0.00000176. The quantitative estimate of drug-likeness (QED) is 0.899. The molecular formula is C17H27N3O2. The maximum atomic E-state index is 11.3. The number of carbonyl (C=O) groups is 1. The Morgan fingerprint density at radius 3 is 2.73 bits per heavy atom. The lowest BCUT2D eigenvalue weighted by Crippen LogP contribution is -2.45. The number of fused-ring (bicyclic) bond motifs is 1. The van der Waals surface area contributed by atoms with Gasteiger partial charge in [0, 0.05) is 32.2 Å². The Bertz CT molecular complexity index is 506. The van der Waals surface area contributed by atoms with Gasteiger partial charge in [0.15, 0.2) is 0 Å². The van der Waals surface area contributed by atoms with E-state index in [9.17, 15) is 9.90 Å². The third-order valence-corrected chi connectivity index (χ3v) is 4.86. The van der Waals surface area contributed by atoms with Crippen molar-refractivity contribution >= 4 is 6.09 Å². The van der Waals surface area contributed by atoms with Crippen LogP contribution in [0.3, 0.4) is 0 Å². The zero-order valence-electron chi connectivity index (χ0n) is 13.2. The van der Waals surface area contributed by atoms with Crippen LogP contribution in [0.5, 0.6) is 0 Å². The third kappa shape index (κ3) is 3.78. The van der Waals surface area contributed by atoms with E-state index in [1.807, 2.05) is 0 Å². The first kappa shape index (κ1) is 16.8. The van der Waals surface area contributed by atoms with Crippen molar-refractivity contribution in [1.82, 2.24) is 16.0 Å². The molecule has 1 unspecified atom stereocenters. The Kier molecular flexibility index (Phi) is 5.80. The van der Waals surface area contributed by atoms with Crippen molar-refractivity contribution in [3.05, 3.63) is 35.4 Å². The number of hydrogen-bond donors (Lipinski definition) is 2. The van der Waals surface area contributed by atoms with Gasteiger partial charge in [-0.05, 0) is 43.2 Å². The second kappa shape index (κ2) is 7.61. The Morgan fingerprint density at radius 1 is 1.18 bits per heavy atom. The highest BCUT2D eigenvalue weighted by atomic mass is 16.4. The van der Waals surface area contributed by atoms with Crippen LogP contribution in [0.4, 0.5) is 4.79 Å². The van der Waals surface area contributed by atoms with Crippen molar-refractivity contribution in [2.75, 3.05) is 19.6 Å². The fourth-order valence-electron chi connectivity index (χ4n) is 3.63. The molecule has 1 aromatic carbocycles. The largest absolute Gasteiger partial charge is 0.465 e. The van der Waals surface area contributed by atoms with Gasteiger partial charge in [-0.3, -0.25) is 4.90 Å². The van der Waals surface area contributed by atoms with Crippen molar-refractivity contribution in [3.63, 3.8) is 0 Å². The predicted octanol–water partition coefficient (Wildman–Crippen LogP) is 3.13. The first-order valence-corrected chi connectivity index (χ1v) is 8.03. The van der Waals surface area contributed by atoms with E-state index in [4.69, 9.17) is 0 Å². The summed E-state index contributed by atoms with van der Waals surface area (Å²) in [5.41, 5.74) is 2.90. The molecule has 2 heterocycles. The normalized spacial score (nSPS) is 21.8. The number of rotatable bonds is 3. The van der Waals surface area contributed by atoms with E-state index in [0.29, 0.717) is 6.54 Å². The summed E-state index contributed by atoms with van der Waals surface area (Å²) in [5.74, 6) is 0. The molecule has 22 heavy (non-hydrogen) atoms. The van der Waals surface area contributed by atoms with Gasteiger partial charge < -0.3 is 16.2 Å². The van der Waals surface area contributed by atoms with Crippen LogP contribution >= 0.6 is 0 Å². The first-order valence-electron chi connectivity index (χ1n) is 8.03. The minimum Gasteiger partial charge on any atom is -0.465 e. The van der Waals surface area contributed by atoms with Gasteiger partial charge in [0.25, 0.3) is 0 Å². The summed E-state index contributed by atoms with van der Waals surface area (Å²) in [6.45, 7) is 3.82. The molecule has 0 saturated carbocycles. The van der Waals surface area contributed by atoms with E-state index in [2.05, 4.69) is 29.2 Å². The van der Waals surface area contributed by atoms with E-state index in [0.717, 1.165) is 51.7 Å². The first-order chi connectivity index (χ1) is 10.2. The number of likely N-dealkylation sites (tertiary alicyclic amines) is 1. The molecule has 122 valence electrons. The van der Waals surface area contributed by atoms with E-state index in [1.165, 1.54) is 11.1 Å². The van der Waals surface area contributed by atoms with Gasteiger partial charge in [-0.25, -0.2) is 4.79 Å². The molecule has 2 aliphatic rings. The Morgan fingerprint density at radius 2 is 1.95 bits per heavy atom. The van der Waals surface area contributed by atoms with E-state index < -0.39 is 6.09 Å². The molecule has 3 rings (SSSR count). The van der Waals surface area contributed by atoms with Crippen LogP contribution in [-0.2, 0) is 13.0 Å². The standard InChI is InChI=1S/C17H24N2O2.H3N/c20-17(21)19-10-4-3-7-16(19)9-12-18-11-8-14-5-1-2-6-15(14)13-18;/h1-2,5-6,16H,3-4,7-13H2,(H,20,21);1H3. The second-order valence-corrected chi connectivity index (χ2v) is 6.21. The Labute approximate surface area is 132 Å². The van der Waals surface area contributed by atoms with E-state index >= 15 is 0 Å². The average Bonchev–Trinajstić information content (AvgIpc) is 2.53. The van der Waals surface area contributed by atoms with Crippen molar-refractivity contribution in [2.24, 2.45) is 0 Å². The van der Waals surface area contributed by atoms with Crippen molar-refractivity contribution in [2.45, 2.75) is 44.7 Å². The van der Waals surface area contributed by atoms with Crippen LogP contribution in [0.1, 0.15) is 36.8 Å². The monoisotopic (exact) mass is 305 g/mol. The Hall–Kier alpha value is -1.59. The summed E-state index contributed by atoms with van der Waals surface area (Å²) in [6, 6.07) is 8.87. The van der Waals surface area contributed by atoms with Crippen LogP contribution in [0.25, 0.3) is 0 Å². The lowest BCUT2D eigenvalue weighted by Gasteiger charge is -2.36. The van der Waals surface area contributed by atoms with Crippen LogP contribution in [0, 0.1) is 0 Å². The average molecular weight is 305 g/mol. The number of nitrogens with zero attached hydrogens (tertiary/aromatic N) is 2. The van der Waals surface area contributed by atoms with E-state index in [1.54, 1.807) is 4.90 Å². The lowest BCUT2D eigenvalue weighted by molar-refractivity contribution is 0.0964. The number of hydrogen-bond acceptors (Lipinski definition) is 3. The molecule has 2 aliphatic heterocycles. The summed E-state index contributed by atoms with van der Waals surface area (Å²) in [4.78, 5) is 15.4. The van der Waals surface area contributed by atoms with Gasteiger partial charge in [0.2, 0.25) is 0 Å². The number of benzene rings is 1. The SMILES string of the molecule is N.O=C(O)N1CCCCC1CCN1CCc2ccccc2C1. The summed E-state index contributed by atoms with van der Waals surface area (Å²) in [5, 5.41) is 9.29. The van der Waals surface area contributed by atoms with Crippen molar-refractivity contribution in [1.29, 1.82) is 0 Å². The molecule has 1 aromatic rings. The van der Waals surface area contributed by atoms with Crippen molar-refractivity contribution < 1.29 is 9.90 Å². The fraction of sp³-hybridized carbons (Fsp3) is 0.588. The van der Waals surface area contributed by atoms with Crippen LogP contribution < -0.4 is 6.15 Å². The van der Waals surface area contributed by atoms with Gasteiger partial charge in [-0.1, -0.05) is 24.3 Å². The lowest BCUT2D eigenvalue weighted by atomic mass is 9.97. The maximum absolute atomic E-state index is 11.3. The van der Waals surface area contributed by atoms with Gasteiger partial charge in [0.1, 0.15) is 0 Å². The molecule has 1 saturated heterocycles. The topological polar surface area (TPSA) is 78.8 Å². The molecule has 0 aliphatic carbocycles. The molecule has 4 N–H and O–H groups in total. The number of carboxylic acid groups (broad SMARTS) is 1. The highest BCUT2D eigenvalue weighted by Crippen LogP contribution is 2.22. The van der Waals surface area contributed by atoms with Crippen molar-refractivity contribution in [3.8, 4) is 0 Å². The molecule has 5 heteroatoms. The second-order valence-electron chi connectivity index (χ2n) is 6.21. The summed E-state index contributed by atoms with van der Waals surface area (Å²) < 4.78 is 0. The highest BCUT2D eigenvalue weighted by Gasteiger charge is 2.27. The molecule has 1 amide bonds. The summed E-state index contributed by atoms with van der Waals surface area (Å²) in [6.07, 6.45) is 4.54. The molecular weight excluding hydrogens is 278 g/mol. The molecule has 5 nitrogen and oxygen atoms in total. The van der Waals surface area contributed by atoms with Gasteiger partial charge >= 0.3 is 6.09 Å². The summed E-state index contributed by atoms with van der Waals surface area (Å²) in [7, 11) is 0. The van der Waals surface area contributed by atoms with Gasteiger partial charge in [0.05, 0.1) is 0 Å². The minimum atomic E-state index is -0.747. The maximum Gasteiger partial charge on any atom is 0.407 e. The number of piperidine rings is 1. The van der Waals surface area contributed by atoms with Crippen LogP contribution in [-0.4, -0.2) is 46.7 Å². The van der Waals surface area contributed by atoms with E-state index in [-0.39, 0.29) is 12.2 Å². The minimum absolute atomic E-state index is 0. The van der Waals surface area contributed by atoms with Gasteiger partial charge in [-0.15, -0.1) is 0 Å². The molecule has 1 fully saturated rings. The number of amides is 1. The molecule has 0 aromatic heterocycles. The van der Waals surface area contributed by atoms with Gasteiger partial charge in [-0.2, -0.15) is 0 Å². The van der Waals surface area contributed by atoms with Crippen LogP contribution in [0.2, 0.25) is 0 Å². The summed E-state index contributed by atoms with van der Waals surface area (Å²) >= 11 is 0. The highest BCUT2D eigenvalue weighted by molar-refractivity contribution is 5.65. The predicted molar refractivity (Wildman–Crippen MR) is 87.4 cm³/mol. The molecule has 0 radical (unpaired) electrons. The zero-order valence-corrected chi connectivity index (χ0v) is 13.2. The molecule has 0 bridgehead atoms.